The maximum Gasteiger partial charge on any atom is 0.303 e. The van der Waals surface area contributed by atoms with Crippen LogP contribution in [0.2, 0.25) is 0 Å². The molecule has 0 aliphatic heterocycles. The average molecular weight is 200 g/mol. The van der Waals surface area contributed by atoms with Crippen molar-refractivity contribution in [1.29, 1.82) is 0 Å². The molecule has 0 aromatic rings. The van der Waals surface area contributed by atoms with Crippen molar-refractivity contribution in [3.63, 3.8) is 0 Å². The molecular formula is C10H16O4. The van der Waals surface area contributed by atoms with Crippen LogP contribution in [0.1, 0.15) is 38.5 Å². The van der Waals surface area contributed by atoms with Gasteiger partial charge >= 0.3 is 11.9 Å². The highest BCUT2D eigenvalue weighted by Gasteiger charge is 2.24. The topological polar surface area (TPSA) is 74.6 Å². The second kappa shape index (κ2) is 4.98. The van der Waals surface area contributed by atoms with Crippen molar-refractivity contribution < 1.29 is 19.8 Å². The molecule has 0 aromatic heterocycles. The van der Waals surface area contributed by atoms with Crippen LogP contribution in [0.15, 0.2) is 0 Å². The molecule has 0 spiro atoms. The third-order valence-corrected chi connectivity index (χ3v) is 2.89. The van der Waals surface area contributed by atoms with E-state index in [1.54, 1.807) is 0 Å². The van der Waals surface area contributed by atoms with Crippen LogP contribution in [0.25, 0.3) is 0 Å². The van der Waals surface area contributed by atoms with E-state index in [4.69, 9.17) is 10.2 Å². The molecule has 0 heterocycles. The van der Waals surface area contributed by atoms with E-state index >= 15 is 0 Å². The number of carbonyl (C=O) groups is 2. The summed E-state index contributed by atoms with van der Waals surface area (Å²) in [6.45, 7) is 0. The lowest BCUT2D eigenvalue weighted by Crippen LogP contribution is -2.19. The van der Waals surface area contributed by atoms with Gasteiger partial charge in [-0.3, -0.25) is 9.59 Å². The Kier molecular flexibility index (Phi) is 3.92. The van der Waals surface area contributed by atoms with Crippen LogP contribution < -0.4 is 0 Å². The molecule has 1 rings (SSSR count). The van der Waals surface area contributed by atoms with Crippen LogP contribution in [0.5, 0.6) is 0 Å². The van der Waals surface area contributed by atoms with Gasteiger partial charge in [-0.15, -0.1) is 0 Å². The van der Waals surface area contributed by atoms with Gasteiger partial charge in [0, 0.05) is 12.8 Å². The first-order valence-electron chi connectivity index (χ1n) is 5.01. The molecule has 2 N–H and O–H groups in total. The zero-order valence-electron chi connectivity index (χ0n) is 8.11. The monoisotopic (exact) mass is 200 g/mol. The Hall–Kier alpha value is -1.06. The molecule has 1 saturated carbocycles. The van der Waals surface area contributed by atoms with Crippen LogP contribution in [-0.4, -0.2) is 22.2 Å². The predicted octanol–water partition coefficient (Wildman–Crippen LogP) is 1.74. The molecule has 0 atom stereocenters. The normalized spacial score (nSPS) is 27.1. The van der Waals surface area contributed by atoms with Crippen LogP contribution in [0.4, 0.5) is 0 Å². The van der Waals surface area contributed by atoms with Gasteiger partial charge in [0.25, 0.3) is 0 Å². The fraction of sp³-hybridized carbons (Fsp3) is 0.800. The summed E-state index contributed by atoms with van der Waals surface area (Å²) in [5.74, 6) is -0.964. The molecule has 0 amide bonds. The molecule has 4 nitrogen and oxygen atoms in total. The minimum Gasteiger partial charge on any atom is -0.481 e. The van der Waals surface area contributed by atoms with E-state index in [2.05, 4.69) is 0 Å². The van der Waals surface area contributed by atoms with Crippen molar-refractivity contribution in [3.8, 4) is 0 Å². The van der Waals surface area contributed by atoms with Gasteiger partial charge in [0.2, 0.25) is 0 Å². The summed E-state index contributed by atoms with van der Waals surface area (Å²) in [6, 6.07) is 0. The Bertz CT molecular complexity index is 192. The second-order valence-electron chi connectivity index (χ2n) is 4.08. The molecule has 1 fully saturated rings. The zero-order chi connectivity index (χ0) is 10.6. The minimum absolute atomic E-state index is 0.236. The van der Waals surface area contributed by atoms with Gasteiger partial charge in [-0.2, -0.15) is 0 Å². The fourth-order valence-corrected chi connectivity index (χ4v) is 2.13. The fourth-order valence-electron chi connectivity index (χ4n) is 2.13. The van der Waals surface area contributed by atoms with Gasteiger partial charge in [0.05, 0.1) is 0 Å². The number of hydrogen-bond donors (Lipinski definition) is 2. The van der Waals surface area contributed by atoms with Gasteiger partial charge in [-0.1, -0.05) is 0 Å². The minimum atomic E-state index is -0.744. The number of carboxylic acid groups (broad SMARTS) is 2. The lowest BCUT2D eigenvalue weighted by atomic mass is 9.79. The number of carboxylic acids is 2. The summed E-state index contributed by atoms with van der Waals surface area (Å²) >= 11 is 0. The lowest BCUT2D eigenvalue weighted by Gasteiger charge is -2.26. The molecule has 4 heteroatoms. The van der Waals surface area contributed by atoms with Crippen LogP contribution in [0.3, 0.4) is 0 Å². The highest BCUT2D eigenvalue weighted by atomic mass is 16.4. The molecule has 0 aromatic carbocycles. The standard InChI is InChI=1S/C10H16O4/c11-9(12)5-7-1-2-8(4-3-7)6-10(13)14/h7-8H,1-6H2,(H,11,12)(H,13,14)/t7-,8-. The Morgan fingerprint density at radius 2 is 1.14 bits per heavy atom. The quantitative estimate of drug-likeness (QED) is 0.724. The van der Waals surface area contributed by atoms with Crippen molar-refractivity contribution in [2.24, 2.45) is 11.8 Å². The third-order valence-electron chi connectivity index (χ3n) is 2.89. The molecule has 0 saturated heterocycles. The Morgan fingerprint density at radius 1 is 0.857 bits per heavy atom. The van der Waals surface area contributed by atoms with Crippen molar-refractivity contribution in [2.45, 2.75) is 38.5 Å². The Labute approximate surface area is 82.9 Å². The first-order valence-corrected chi connectivity index (χ1v) is 5.01. The van der Waals surface area contributed by atoms with E-state index in [-0.39, 0.29) is 24.7 Å². The molecule has 0 radical (unpaired) electrons. The van der Waals surface area contributed by atoms with Gasteiger partial charge in [-0.05, 0) is 37.5 Å². The van der Waals surface area contributed by atoms with Crippen molar-refractivity contribution in [2.75, 3.05) is 0 Å². The molecule has 0 bridgehead atoms. The van der Waals surface area contributed by atoms with Crippen molar-refractivity contribution in [1.82, 2.24) is 0 Å². The number of hydrogen-bond acceptors (Lipinski definition) is 2. The van der Waals surface area contributed by atoms with E-state index in [9.17, 15) is 9.59 Å². The van der Waals surface area contributed by atoms with E-state index in [0.717, 1.165) is 25.7 Å². The summed E-state index contributed by atoms with van der Waals surface area (Å²) < 4.78 is 0. The first kappa shape index (κ1) is 11.0. The number of rotatable bonds is 4. The molecule has 1 aliphatic rings. The van der Waals surface area contributed by atoms with Crippen LogP contribution in [0, 0.1) is 11.8 Å². The average Bonchev–Trinajstić information content (AvgIpc) is 2.06. The molecule has 0 unspecified atom stereocenters. The maximum absolute atomic E-state index is 10.4. The third kappa shape index (κ3) is 3.77. The van der Waals surface area contributed by atoms with Crippen LogP contribution >= 0.6 is 0 Å². The summed E-state index contributed by atoms with van der Waals surface area (Å²) in [6.07, 6.45) is 3.93. The highest BCUT2D eigenvalue weighted by molar-refractivity contribution is 5.67. The maximum atomic E-state index is 10.4. The summed E-state index contributed by atoms with van der Waals surface area (Å²) in [5.41, 5.74) is 0. The van der Waals surface area contributed by atoms with Gasteiger partial charge in [0.1, 0.15) is 0 Å². The predicted molar refractivity (Wildman–Crippen MR) is 50.0 cm³/mol. The summed E-state index contributed by atoms with van der Waals surface area (Å²) in [4.78, 5) is 20.9. The smallest absolute Gasteiger partial charge is 0.303 e. The molecule has 1 aliphatic carbocycles. The summed E-state index contributed by atoms with van der Waals surface area (Å²) in [7, 11) is 0. The molecule has 14 heavy (non-hydrogen) atoms. The van der Waals surface area contributed by atoms with Gasteiger partial charge in [0.15, 0.2) is 0 Å². The number of aliphatic carboxylic acids is 2. The SMILES string of the molecule is O=C(O)C[C@H]1CC[C@H](CC(=O)O)CC1. The van der Waals surface area contributed by atoms with E-state index in [1.807, 2.05) is 0 Å². The van der Waals surface area contributed by atoms with E-state index in [1.165, 1.54) is 0 Å². The van der Waals surface area contributed by atoms with Crippen molar-refractivity contribution in [3.05, 3.63) is 0 Å². The Balaban J connectivity index is 2.24. The first-order chi connectivity index (χ1) is 6.58. The lowest BCUT2D eigenvalue weighted by molar-refractivity contribution is -0.140. The van der Waals surface area contributed by atoms with Crippen LogP contribution in [-0.2, 0) is 9.59 Å². The molecule has 80 valence electrons. The van der Waals surface area contributed by atoms with Gasteiger partial charge in [-0.25, -0.2) is 0 Å². The zero-order valence-corrected chi connectivity index (χ0v) is 8.11. The molecular weight excluding hydrogens is 184 g/mol. The van der Waals surface area contributed by atoms with E-state index < -0.39 is 11.9 Å². The second-order valence-corrected chi connectivity index (χ2v) is 4.08. The van der Waals surface area contributed by atoms with Crippen molar-refractivity contribution >= 4 is 11.9 Å². The largest absolute Gasteiger partial charge is 0.481 e. The van der Waals surface area contributed by atoms with E-state index in [0.29, 0.717) is 0 Å². The van der Waals surface area contributed by atoms with Gasteiger partial charge < -0.3 is 10.2 Å². The highest BCUT2D eigenvalue weighted by Crippen LogP contribution is 2.32. The Morgan fingerprint density at radius 3 is 1.36 bits per heavy atom. The summed E-state index contributed by atoms with van der Waals surface area (Å²) in [5, 5.41) is 17.2.